The number of aromatic amines is 1. The molecule has 134 valence electrons. The van der Waals surface area contributed by atoms with Gasteiger partial charge in [-0.2, -0.15) is 26.3 Å². The van der Waals surface area contributed by atoms with Crippen molar-refractivity contribution in [2.75, 3.05) is 18.0 Å². The van der Waals surface area contributed by atoms with Crippen molar-refractivity contribution in [3.05, 3.63) is 27.1 Å². The molecule has 0 aliphatic heterocycles. The van der Waals surface area contributed by atoms with E-state index in [1.807, 2.05) is 0 Å². The molecule has 0 unspecified atom stereocenters. The van der Waals surface area contributed by atoms with Crippen LogP contribution in [0, 0.1) is 0 Å². The number of hydrogen-bond acceptors (Lipinski definition) is 2. The van der Waals surface area contributed by atoms with E-state index in [4.69, 9.17) is 0 Å². The Morgan fingerprint density at radius 1 is 1.17 bits per heavy atom. The number of rotatable bonds is 4. The zero-order valence-corrected chi connectivity index (χ0v) is 13.8. The first-order chi connectivity index (χ1) is 10.9. The highest BCUT2D eigenvalue weighted by Gasteiger charge is 2.35. The molecule has 0 atom stereocenters. The minimum Gasteiger partial charge on any atom is -0.360 e. The lowest BCUT2D eigenvalue weighted by Crippen LogP contribution is -2.37. The van der Waals surface area contributed by atoms with Gasteiger partial charge in [-0.1, -0.05) is 0 Å². The normalized spacial score (nSPS) is 12.8. The van der Waals surface area contributed by atoms with E-state index in [1.54, 1.807) is 0 Å². The van der Waals surface area contributed by atoms with E-state index in [0.29, 0.717) is 9.37 Å². The minimum atomic E-state index is -4.69. The second-order valence-corrected chi connectivity index (χ2v) is 6.04. The third-order valence-electron chi connectivity index (χ3n) is 3.35. The molecule has 0 aliphatic rings. The van der Waals surface area contributed by atoms with Crippen LogP contribution in [0.5, 0.6) is 0 Å². The Morgan fingerprint density at radius 2 is 1.79 bits per heavy atom. The van der Waals surface area contributed by atoms with Gasteiger partial charge >= 0.3 is 18.0 Å². The van der Waals surface area contributed by atoms with Crippen molar-refractivity contribution in [1.29, 1.82) is 0 Å². The highest BCUT2D eigenvalue weighted by atomic mass is 79.9. The van der Waals surface area contributed by atoms with E-state index in [1.165, 1.54) is 19.2 Å². The molecule has 1 heterocycles. The van der Waals surface area contributed by atoms with Gasteiger partial charge < -0.3 is 9.88 Å². The second kappa shape index (κ2) is 6.34. The largest absolute Gasteiger partial charge is 0.405 e. The number of halogens is 7. The number of hydrogen-bond donors (Lipinski definition) is 1. The second-order valence-electron chi connectivity index (χ2n) is 5.18. The summed E-state index contributed by atoms with van der Waals surface area (Å²) in [6.45, 7) is -2.43. The van der Waals surface area contributed by atoms with Gasteiger partial charge in [-0.15, -0.1) is 0 Å². The number of aromatic nitrogens is 2. The first kappa shape index (κ1) is 18.7. The first-order valence-corrected chi connectivity index (χ1v) is 7.44. The number of H-pyrrole nitrogens is 1. The quantitative estimate of drug-likeness (QED) is 0.762. The van der Waals surface area contributed by atoms with Gasteiger partial charge in [-0.3, -0.25) is 4.57 Å². The van der Waals surface area contributed by atoms with E-state index in [0.717, 1.165) is 4.57 Å². The van der Waals surface area contributed by atoms with E-state index in [9.17, 15) is 31.1 Å². The van der Waals surface area contributed by atoms with Gasteiger partial charge in [0.25, 0.3) is 0 Å². The predicted molar refractivity (Wildman–Crippen MR) is 80.2 cm³/mol. The fourth-order valence-electron chi connectivity index (χ4n) is 2.32. The highest BCUT2D eigenvalue weighted by molar-refractivity contribution is 9.10. The number of imidazole rings is 1. The number of alkyl halides is 6. The first-order valence-electron chi connectivity index (χ1n) is 6.65. The van der Waals surface area contributed by atoms with Crippen LogP contribution < -0.4 is 10.6 Å². The van der Waals surface area contributed by atoms with E-state index >= 15 is 0 Å². The number of nitrogens with one attached hydrogen (secondary N) is 1. The molecule has 0 saturated carbocycles. The van der Waals surface area contributed by atoms with Crippen LogP contribution >= 0.6 is 15.9 Å². The molecular formula is C13H12BrF6N3O. The van der Waals surface area contributed by atoms with Gasteiger partial charge in [0, 0.05) is 18.1 Å². The van der Waals surface area contributed by atoms with Crippen LogP contribution in [0.15, 0.2) is 21.4 Å². The van der Waals surface area contributed by atoms with Crippen LogP contribution in [-0.4, -0.2) is 35.0 Å². The smallest absolute Gasteiger partial charge is 0.360 e. The summed E-state index contributed by atoms with van der Waals surface area (Å²) in [5.74, 6) is 0. The van der Waals surface area contributed by atoms with E-state index in [-0.39, 0.29) is 16.7 Å². The van der Waals surface area contributed by atoms with Crippen molar-refractivity contribution >= 4 is 32.7 Å². The van der Waals surface area contributed by atoms with Crippen molar-refractivity contribution in [2.45, 2.75) is 18.8 Å². The fraction of sp³-hybridized carbons (Fsp3) is 0.462. The summed E-state index contributed by atoms with van der Waals surface area (Å²) < 4.78 is 77.2. The summed E-state index contributed by atoms with van der Waals surface area (Å²) in [5.41, 5.74) is -0.364. The van der Waals surface area contributed by atoms with Crippen LogP contribution in [0.2, 0.25) is 0 Å². The Morgan fingerprint density at radius 3 is 2.33 bits per heavy atom. The Balaban J connectivity index is 2.55. The van der Waals surface area contributed by atoms with Crippen molar-refractivity contribution in [1.82, 2.24) is 9.55 Å². The molecule has 4 nitrogen and oxygen atoms in total. The number of nitrogens with zero attached hydrogens (tertiary/aromatic N) is 2. The number of anilines is 1. The topological polar surface area (TPSA) is 41.0 Å². The zero-order valence-electron chi connectivity index (χ0n) is 12.2. The van der Waals surface area contributed by atoms with Crippen LogP contribution in [0.25, 0.3) is 11.0 Å². The third-order valence-corrected chi connectivity index (χ3v) is 4.01. The Labute approximate surface area is 140 Å². The molecule has 0 radical (unpaired) electrons. The summed E-state index contributed by atoms with van der Waals surface area (Å²) in [6, 6.07) is 2.63. The summed E-state index contributed by atoms with van der Waals surface area (Å²) in [7, 11) is 1.33. The highest BCUT2D eigenvalue weighted by Crippen LogP contribution is 2.33. The van der Waals surface area contributed by atoms with Crippen molar-refractivity contribution in [3.8, 4) is 0 Å². The lowest BCUT2D eigenvalue weighted by Gasteiger charge is -2.27. The van der Waals surface area contributed by atoms with Gasteiger partial charge in [0.1, 0.15) is 6.54 Å². The van der Waals surface area contributed by atoms with Crippen LogP contribution in [0.4, 0.5) is 32.0 Å². The van der Waals surface area contributed by atoms with Gasteiger partial charge in [-0.05, 0) is 28.1 Å². The summed E-state index contributed by atoms with van der Waals surface area (Å²) in [4.78, 5) is 14.8. The molecule has 11 heteroatoms. The van der Waals surface area contributed by atoms with Gasteiger partial charge in [0.15, 0.2) is 0 Å². The Kier molecular flexibility index (Phi) is 4.93. The molecule has 0 amide bonds. The SMILES string of the molecule is Cn1c(=O)[nH]c2c(Br)ccc(N(CCC(F)(F)F)CC(F)(F)F)c21. The van der Waals surface area contributed by atoms with E-state index < -0.39 is 37.6 Å². The third kappa shape index (κ3) is 4.25. The molecule has 1 aromatic carbocycles. The van der Waals surface area contributed by atoms with Crippen molar-refractivity contribution in [2.24, 2.45) is 7.05 Å². The van der Waals surface area contributed by atoms with Crippen LogP contribution in [0.3, 0.4) is 0 Å². The maximum Gasteiger partial charge on any atom is 0.405 e. The standard InChI is InChI=1S/C13H12BrF6N3O/c1-22-10-8(3-2-7(14)9(10)21-11(22)24)23(6-13(18,19)20)5-4-12(15,16)17/h2-3H,4-6H2,1H3,(H,21,24). The lowest BCUT2D eigenvalue weighted by atomic mass is 10.2. The van der Waals surface area contributed by atoms with Crippen LogP contribution in [0.1, 0.15) is 6.42 Å². The van der Waals surface area contributed by atoms with Crippen molar-refractivity contribution in [3.63, 3.8) is 0 Å². The molecule has 0 saturated heterocycles. The molecule has 1 aromatic heterocycles. The molecule has 1 N–H and O–H groups in total. The molecule has 24 heavy (non-hydrogen) atoms. The Bertz CT molecular complexity index is 792. The summed E-state index contributed by atoms with van der Waals surface area (Å²) >= 11 is 3.16. The monoisotopic (exact) mass is 419 g/mol. The van der Waals surface area contributed by atoms with E-state index in [2.05, 4.69) is 20.9 Å². The number of benzene rings is 1. The lowest BCUT2D eigenvalue weighted by molar-refractivity contribution is -0.137. The van der Waals surface area contributed by atoms with Gasteiger partial charge in [-0.25, -0.2) is 4.79 Å². The molecule has 0 fully saturated rings. The molecule has 0 aliphatic carbocycles. The Hall–Kier alpha value is -1.65. The van der Waals surface area contributed by atoms with Gasteiger partial charge in [0.2, 0.25) is 0 Å². The average Bonchev–Trinajstić information content (AvgIpc) is 2.71. The predicted octanol–water partition coefficient (Wildman–Crippen LogP) is 3.95. The average molecular weight is 420 g/mol. The van der Waals surface area contributed by atoms with Crippen molar-refractivity contribution < 1.29 is 26.3 Å². The molecule has 2 aromatic rings. The molecule has 2 rings (SSSR count). The zero-order chi connectivity index (χ0) is 18.3. The van der Waals surface area contributed by atoms with Crippen LogP contribution in [-0.2, 0) is 7.05 Å². The number of fused-ring (bicyclic) bond motifs is 1. The molecule has 0 spiro atoms. The maximum atomic E-state index is 12.8. The summed E-state index contributed by atoms with van der Waals surface area (Å²) in [6.07, 6.45) is -10.7. The summed E-state index contributed by atoms with van der Waals surface area (Å²) in [5, 5.41) is 0. The molecule has 0 bridgehead atoms. The number of aryl methyl sites for hydroxylation is 1. The maximum absolute atomic E-state index is 12.8. The van der Waals surface area contributed by atoms with Gasteiger partial charge in [0.05, 0.1) is 23.1 Å². The molecular weight excluding hydrogens is 408 g/mol. The minimum absolute atomic E-state index is 0.0980. The fourth-order valence-corrected chi connectivity index (χ4v) is 2.74.